The lowest BCUT2D eigenvalue weighted by Gasteiger charge is -2.21. The molecular formula is C17H22N4O2S. The summed E-state index contributed by atoms with van der Waals surface area (Å²) in [4.78, 5) is 14.3. The zero-order valence-electron chi connectivity index (χ0n) is 13.7. The second-order valence-corrected chi connectivity index (χ2v) is 7.34. The Morgan fingerprint density at radius 3 is 2.83 bits per heavy atom. The van der Waals surface area contributed by atoms with Crippen molar-refractivity contribution in [3.8, 4) is 0 Å². The van der Waals surface area contributed by atoms with E-state index in [9.17, 15) is 9.90 Å². The molecule has 2 N–H and O–H groups in total. The number of carbonyl (C=O) groups excluding carboxylic acids is 1. The summed E-state index contributed by atoms with van der Waals surface area (Å²) in [7, 11) is 2.01. The number of hydrogen-bond donors (Lipinski definition) is 2. The lowest BCUT2D eigenvalue weighted by Crippen LogP contribution is -2.29. The van der Waals surface area contributed by atoms with Crippen molar-refractivity contribution in [1.82, 2.24) is 15.1 Å². The van der Waals surface area contributed by atoms with E-state index in [1.54, 1.807) is 0 Å². The number of para-hydroxylation sites is 1. The van der Waals surface area contributed by atoms with E-state index in [1.165, 1.54) is 11.3 Å². The maximum atomic E-state index is 12.2. The number of carbonyl (C=O) groups is 1. The number of anilines is 1. The molecule has 0 spiro atoms. The van der Waals surface area contributed by atoms with Gasteiger partial charge in [-0.15, -0.1) is 10.2 Å². The highest BCUT2D eigenvalue weighted by atomic mass is 32.1. The molecule has 1 aliphatic rings. The average Bonchev–Trinajstić information content (AvgIpc) is 3.18. The van der Waals surface area contributed by atoms with Crippen molar-refractivity contribution in [2.45, 2.75) is 31.9 Å². The first-order valence-corrected chi connectivity index (χ1v) is 8.99. The second kappa shape index (κ2) is 7.83. The van der Waals surface area contributed by atoms with Gasteiger partial charge in [-0.05, 0) is 37.9 Å². The molecule has 1 aromatic heterocycles. The standard InChI is InChI=1S/C17H22N4O2S/c1-21(10-12-6-5-9-14(12)22)11-15-19-20-17(24-15)16(23)18-13-7-3-2-4-8-13/h2-4,7-8,12,14,22H,5-6,9-11H2,1H3,(H,18,23)/t12-,14+/m1/s1. The van der Waals surface area contributed by atoms with E-state index in [1.807, 2.05) is 37.4 Å². The minimum atomic E-state index is -0.237. The molecule has 1 heterocycles. The molecule has 0 radical (unpaired) electrons. The van der Waals surface area contributed by atoms with Gasteiger partial charge in [-0.2, -0.15) is 0 Å². The number of rotatable bonds is 6. The van der Waals surface area contributed by atoms with Crippen LogP contribution in [-0.2, 0) is 6.54 Å². The first kappa shape index (κ1) is 17.0. The Bertz CT molecular complexity index is 676. The zero-order valence-corrected chi connectivity index (χ0v) is 14.5. The predicted molar refractivity (Wildman–Crippen MR) is 94.0 cm³/mol. The first-order chi connectivity index (χ1) is 11.6. The number of benzene rings is 1. The molecule has 1 aromatic carbocycles. The van der Waals surface area contributed by atoms with Gasteiger partial charge in [0.05, 0.1) is 12.6 Å². The number of aliphatic hydroxyl groups is 1. The van der Waals surface area contributed by atoms with Crippen LogP contribution in [0.4, 0.5) is 5.69 Å². The third kappa shape index (κ3) is 4.37. The van der Waals surface area contributed by atoms with Crippen molar-refractivity contribution in [2.24, 2.45) is 5.92 Å². The summed E-state index contributed by atoms with van der Waals surface area (Å²) < 4.78 is 0. The largest absolute Gasteiger partial charge is 0.393 e. The van der Waals surface area contributed by atoms with Crippen LogP contribution in [0.15, 0.2) is 30.3 Å². The van der Waals surface area contributed by atoms with Crippen LogP contribution in [0, 0.1) is 5.92 Å². The molecule has 1 amide bonds. The fourth-order valence-electron chi connectivity index (χ4n) is 3.04. The van der Waals surface area contributed by atoms with Gasteiger partial charge in [0.2, 0.25) is 5.01 Å². The minimum absolute atomic E-state index is 0.186. The van der Waals surface area contributed by atoms with E-state index >= 15 is 0 Å². The van der Waals surface area contributed by atoms with Crippen LogP contribution in [0.25, 0.3) is 0 Å². The fourth-order valence-corrected chi connectivity index (χ4v) is 3.86. The second-order valence-electron chi connectivity index (χ2n) is 6.28. The molecule has 2 aromatic rings. The van der Waals surface area contributed by atoms with Crippen LogP contribution < -0.4 is 5.32 Å². The molecule has 0 unspecified atom stereocenters. The fraction of sp³-hybridized carbons (Fsp3) is 0.471. The highest BCUT2D eigenvalue weighted by Gasteiger charge is 2.26. The van der Waals surface area contributed by atoms with Gasteiger partial charge in [0, 0.05) is 12.2 Å². The minimum Gasteiger partial charge on any atom is -0.393 e. The molecular weight excluding hydrogens is 324 g/mol. The highest BCUT2D eigenvalue weighted by Crippen LogP contribution is 2.26. The lowest BCUT2D eigenvalue weighted by molar-refractivity contribution is 0.102. The van der Waals surface area contributed by atoms with Crippen LogP contribution in [0.2, 0.25) is 0 Å². The summed E-state index contributed by atoms with van der Waals surface area (Å²) in [6, 6.07) is 9.30. The summed E-state index contributed by atoms with van der Waals surface area (Å²) in [6.07, 6.45) is 2.89. The SMILES string of the molecule is CN(Cc1nnc(C(=O)Nc2ccccc2)s1)C[C@H]1CCC[C@@H]1O. The van der Waals surface area contributed by atoms with Gasteiger partial charge in [-0.1, -0.05) is 36.0 Å². The third-order valence-corrected chi connectivity index (χ3v) is 5.17. The molecule has 1 fully saturated rings. The smallest absolute Gasteiger partial charge is 0.286 e. The Kier molecular flexibility index (Phi) is 5.55. The molecule has 6 nitrogen and oxygen atoms in total. The molecule has 0 bridgehead atoms. The Hall–Kier alpha value is -1.83. The molecule has 2 atom stereocenters. The van der Waals surface area contributed by atoms with E-state index in [4.69, 9.17) is 0 Å². The summed E-state index contributed by atoms with van der Waals surface area (Å²) in [5.41, 5.74) is 0.742. The Morgan fingerprint density at radius 1 is 1.33 bits per heavy atom. The number of aromatic nitrogens is 2. The van der Waals surface area contributed by atoms with Crippen molar-refractivity contribution >= 4 is 22.9 Å². The maximum Gasteiger partial charge on any atom is 0.286 e. The molecule has 1 aliphatic carbocycles. The quantitative estimate of drug-likeness (QED) is 0.840. The Balaban J connectivity index is 1.54. The van der Waals surface area contributed by atoms with Crippen molar-refractivity contribution in [3.05, 3.63) is 40.3 Å². The van der Waals surface area contributed by atoms with Crippen LogP contribution in [0.1, 0.15) is 34.1 Å². The average molecular weight is 346 g/mol. The lowest BCUT2D eigenvalue weighted by atomic mass is 10.1. The summed E-state index contributed by atoms with van der Waals surface area (Å²) in [5.74, 6) is 0.0996. The van der Waals surface area contributed by atoms with Crippen LogP contribution >= 0.6 is 11.3 Å². The monoisotopic (exact) mass is 346 g/mol. The van der Waals surface area contributed by atoms with Gasteiger partial charge >= 0.3 is 0 Å². The number of nitrogens with zero attached hydrogens (tertiary/aromatic N) is 3. The number of aliphatic hydroxyl groups excluding tert-OH is 1. The maximum absolute atomic E-state index is 12.2. The van der Waals surface area contributed by atoms with E-state index < -0.39 is 0 Å². The molecule has 0 saturated heterocycles. The zero-order chi connectivity index (χ0) is 16.9. The predicted octanol–water partition coefficient (Wildman–Crippen LogP) is 2.38. The summed E-state index contributed by atoms with van der Waals surface area (Å²) in [5, 5.41) is 22.0. The Labute approximate surface area is 145 Å². The number of nitrogens with one attached hydrogen (secondary N) is 1. The van der Waals surface area contributed by atoms with Crippen LogP contribution in [-0.4, -0.2) is 45.8 Å². The molecule has 0 aliphatic heterocycles. The first-order valence-electron chi connectivity index (χ1n) is 8.17. The highest BCUT2D eigenvalue weighted by molar-refractivity contribution is 7.13. The topological polar surface area (TPSA) is 78.4 Å². The number of hydrogen-bond acceptors (Lipinski definition) is 6. The van der Waals surface area contributed by atoms with E-state index in [-0.39, 0.29) is 12.0 Å². The van der Waals surface area contributed by atoms with Crippen molar-refractivity contribution in [3.63, 3.8) is 0 Å². The molecule has 7 heteroatoms. The van der Waals surface area contributed by atoms with E-state index in [0.29, 0.717) is 17.5 Å². The summed E-state index contributed by atoms with van der Waals surface area (Å²) in [6.45, 7) is 1.48. The van der Waals surface area contributed by atoms with E-state index in [0.717, 1.165) is 36.5 Å². The van der Waals surface area contributed by atoms with Gasteiger partial charge in [-0.25, -0.2) is 0 Å². The van der Waals surface area contributed by atoms with Gasteiger partial charge in [0.1, 0.15) is 5.01 Å². The van der Waals surface area contributed by atoms with Crippen LogP contribution in [0.3, 0.4) is 0 Å². The van der Waals surface area contributed by atoms with Gasteiger partial charge < -0.3 is 10.4 Å². The molecule has 1 saturated carbocycles. The third-order valence-electron chi connectivity index (χ3n) is 4.26. The Morgan fingerprint density at radius 2 is 2.12 bits per heavy atom. The van der Waals surface area contributed by atoms with Crippen molar-refractivity contribution in [2.75, 3.05) is 18.9 Å². The molecule has 128 valence electrons. The number of amides is 1. The van der Waals surface area contributed by atoms with Crippen LogP contribution in [0.5, 0.6) is 0 Å². The summed E-state index contributed by atoms with van der Waals surface area (Å²) >= 11 is 1.31. The normalized spacial score (nSPS) is 20.5. The van der Waals surface area contributed by atoms with Crippen molar-refractivity contribution in [1.29, 1.82) is 0 Å². The van der Waals surface area contributed by atoms with Gasteiger partial charge in [-0.3, -0.25) is 9.69 Å². The van der Waals surface area contributed by atoms with Gasteiger partial charge in [0.25, 0.3) is 5.91 Å². The molecule has 3 rings (SSSR count). The van der Waals surface area contributed by atoms with Crippen molar-refractivity contribution < 1.29 is 9.90 Å². The van der Waals surface area contributed by atoms with Gasteiger partial charge in [0.15, 0.2) is 0 Å². The van der Waals surface area contributed by atoms with E-state index in [2.05, 4.69) is 20.4 Å². The molecule has 24 heavy (non-hydrogen) atoms.